The third-order valence-electron chi connectivity index (χ3n) is 1.92. The summed E-state index contributed by atoms with van der Waals surface area (Å²) in [4.78, 5) is 8.14. The first-order chi connectivity index (χ1) is 6.81. The van der Waals surface area contributed by atoms with Crippen LogP contribution in [0.5, 0.6) is 5.06 Å². The Morgan fingerprint density at radius 2 is 2.43 bits per heavy atom. The highest BCUT2D eigenvalue weighted by molar-refractivity contribution is 7.13. The SMILES string of the molecule is COc1ccc(C(N)c2ncc[nH]2)s1. The molecule has 0 fully saturated rings. The number of aromatic amines is 1. The van der Waals surface area contributed by atoms with Crippen LogP contribution in [0, 0.1) is 0 Å². The van der Waals surface area contributed by atoms with Crippen LogP contribution < -0.4 is 10.5 Å². The minimum absolute atomic E-state index is 0.195. The van der Waals surface area contributed by atoms with Crippen LogP contribution in [-0.4, -0.2) is 17.1 Å². The van der Waals surface area contributed by atoms with Gasteiger partial charge in [0, 0.05) is 17.3 Å². The molecule has 0 saturated heterocycles. The van der Waals surface area contributed by atoms with Crippen LogP contribution in [0.1, 0.15) is 16.7 Å². The number of methoxy groups -OCH3 is 1. The van der Waals surface area contributed by atoms with Crippen molar-refractivity contribution in [3.8, 4) is 5.06 Å². The highest BCUT2D eigenvalue weighted by atomic mass is 32.1. The van der Waals surface area contributed by atoms with Crippen molar-refractivity contribution in [2.24, 2.45) is 5.73 Å². The maximum absolute atomic E-state index is 5.99. The second-order valence-corrected chi connectivity index (χ2v) is 3.89. The molecule has 0 aliphatic rings. The van der Waals surface area contributed by atoms with E-state index in [1.165, 1.54) is 11.3 Å². The molecule has 2 aromatic heterocycles. The van der Waals surface area contributed by atoms with Gasteiger partial charge in [0.15, 0.2) is 5.06 Å². The number of nitrogens with two attached hydrogens (primary N) is 1. The number of aromatic nitrogens is 2. The number of rotatable bonds is 3. The molecule has 4 nitrogen and oxygen atoms in total. The number of ether oxygens (including phenoxy) is 1. The topological polar surface area (TPSA) is 63.9 Å². The summed E-state index contributed by atoms with van der Waals surface area (Å²) in [6.07, 6.45) is 3.46. The normalized spacial score (nSPS) is 12.7. The zero-order valence-corrected chi connectivity index (χ0v) is 8.54. The van der Waals surface area contributed by atoms with Crippen LogP contribution >= 0.6 is 11.3 Å². The summed E-state index contributed by atoms with van der Waals surface area (Å²) in [5, 5.41) is 0.863. The van der Waals surface area contributed by atoms with Gasteiger partial charge in [0.2, 0.25) is 0 Å². The molecule has 0 spiro atoms. The van der Waals surface area contributed by atoms with Gasteiger partial charge >= 0.3 is 0 Å². The number of imidazole rings is 1. The molecule has 0 aliphatic carbocycles. The Hall–Kier alpha value is -1.33. The van der Waals surface area contributed by atoms with E-state index in [1.807, 2.05) is 12.1 Å². The van der Waals surface area contributed by atoms with Gasteiger partial charge in [0.25, 0.3) is 0 Å². The van der Waals surface area contributed by atoms with Crippen LogP contribution in [-0.2, 0) is 0 Å². The van der Waals surface area contributed by atoms with Crippen LogP contribution in [0.15, 0.2) is 24.5 Å². The Morgan fingerprint density at radius 3 is 3.00 bits per heavy atom. The van der Waals surface area contributed by atoms with Gasteiger partial charge in [-0.2, -0.15) is 0 Å². The number of thiophene rings is 1. The predicted molar refractivity (Wildman–Crippen MR) is 55.5 cm³/mol. The van der Waals surface area contributed by atoms with Crippen molar-refractivity contribution >= 4 is 11.3 Å². The predicted octanol–water partition coefficient (Wildman–Crippen LogP) is 1.53. The van der Waals surface area contributed by atoms with Gasteiger partial charge in [0.1, 0.15) is 5.82 Å². The van der Waals surface area contributed by atoms with E-state index < -0.39 is 0 Å². The summed E-state index contributed by atoms with van der Waals surface area (Å²) < 4.78 is 5.09. The molecule has 74 valence electrons. The Morgan fingerprint density at radius 1 is 1.57 bits per heavy atom. The Balaban J connectivity index is 2.23. The minimum Gasteiger partial charge on any atom is -0.487 e. The molecule has 14 heavy (non-hydrogen) atoms. The third-order valence-corrected chi connectivity index (χ3v) is 3.05. The van der Waals surface area contributed by atoms with E-state index in [4.69, 9.17) is 10.5 Å². The molecule has 1 atom stereocenters. The van der Waals surface area contributed by atoms with Crippen molar-refractivity contribution in [1.82, 2.24) is 9.97 Å². The molecule has 0 aromatic carbocycles. The van der Waals surface area contributed by atoms with Gasteiger partial charge in [-0.3, -0.25) is 0 Å². The van der Waals surface area contributed by atoms with E-state index >= 15 is 0 Å². The van der Waals surface area contributed by atoms with Crippen LogP contribution in [0.3, 0.4) is 0 Å². The van der Waals surface area contributed by atoms with E-state index in [-0.39, 0.29) is 6.04 Å². The average Bonchev–Trinajstić information content (AvgIpc) is 2.88. The van der Waals surface area contributed by atoms with Gasteiger partial charge in [-0.15, -0.1) is 11.3 Å². The molecule has 3 N–H and O–H groups in total. The van der Waals surface area contributed by atoms with Crippen molar-refractivity contribution in [2.45, 2.75) is 6.04 Å². The molecule has 2 rings (SSSR count). The van der Waals surface area contributed by atoms with Gasteiger partial charge in [-0.1, -0.05) is 0 Å². The van der Waals surface area contributed by atoms with Crippen molar-refractivity contribution in [3.63, 3.8) is 0 Å². The summed E-state index contributed by atoms with van der Waals surface area (Å²) in [6, 6.07) is 3.67. The van der Waals surface area contributed by atoms with Gasteiger partial charge in [-0.25, -0.2) is 4.98 Å². The molecule has 2 aromatic rings. The lowest BCUT2D eigenvalue weighted by molar-refractivity contribution is 0.427. The summed E-state index contributed by atoms with van der Waals surface area (Å²) in [5.74, 6) is 0.773. The molecular weight excluding hydrogens is 198 g/mol. The Kier molecular flexibility index (Phi) is 2.51. The molecule has 0 aliphatic heterocycles. The zero-order valence-electron chi connectivity index (χ0n) is 7.73. The van der Waals surface area contributed by atoms with Crippen LogP contribution in [0.4, 0.5) is 0 Å². The lowest BCUT2D eigenvalue weighted by atomic mass is 10.2. The first-order valence-electron chi connectivity index (χ1n) is 4.20. The largest absolute Gasteiger partial charge is 0.487 e. The number of H-pyrrole nitrogens is 1. The first kappa shape index (κ1) is 9.23. The van der Waals surface area contributed by atoms with Crippen molar-refractivity contribution < 1.29 is 4.74 Å². The summed E-state index contributed by atoms with van der Waals surface area (Å²) in [7, 11) is 1.65. The lowest BCUT2D eigenvalue weighted by Gasteiger charge is -2.04. The fourth-order valence-corrected chi connectivity index (χ4v) is 2.02. The fourth-order valence-electron chi connectivity index (χ4n) is 1.19. The molecule has 5 heteroatoms. The fraction of sp³-hybridized carbons (Fsp3) is 0.222. The molecule has 0 radical (unpaired) electrons. The molecule has 0 saturated carbocycles. The summed E-state index contributed by atoms with van der Waals surface area (Å²) >= 11 is 1.53. The van der Waals surface area contributed by atoms with Crippen molar-refractivity contribution in [3.05, 3.63) is 35.2 Å². The maximum Gasteiger partial charge on any atom is 0.173 e. The summed E-state index contributed by atoms with van der Waals surface area (Å²) in [5.41, 5.74) is 5.99. The van der Waals surface area contributed by atoms with Crippen LogP contribution in [0.2, 0.25) is 0 Å². The highest BCUT2D eigenvalue weighted by Crippen LogP contribution is 2.29. The first-order valence-corrected chi connectivity index (χ1v) is 5.01. The summed E-state index contributed by atoms with van der Waals surface area (Å²) in [6.45, 7) is 0. The Labute approximate surface area is 85.7 Å². The molecule has 2 heterocycles. The van der Waals surface area contributed by atoms with E-state index in [2.05, 4.69) is 9.97 Å². The zero-order chi connectivity index (χ0) is 9.97. The number of hydrogen-bond acceptors (Lipinski definition) is 4. The molecule has 0 amide bonds. The number of hydrogen-bond donors (Lipinski definition) is 2. The minimum atomic E-state index is -0.195. The van der Waals surface area contributed by atoms with Gasteiger partial charge < -0.3 is 15.5 Å². The second-order valence-electron chi connectivity index (χ2n) is 2.81. The number of nitrogens with zero attached hydrogens (tertiary/aromatic N) is 1. The standard InChI is InChI=1S/C9H11N3OS/c1-13-7-3-2-6(14-7)8(10)9-11-4-5-12-9/h2-5,8H,10H2,1H3,(H,11,12). The van der Waals surface area contributed by atoms with E-state index in [0.29, 0.717) is 0 Å². The molecular formula is C9H11N3OS. The smallest absolute Gasteiger partial charge is 0.173 e. The Bertz CT molecular complexity index is 396. The van der Waals surface area contributed by atoms with E-state index in [9.17, 15) is 0 Å². The quantitative estimate of drug-likeness (QED) is 0.805. The second kappa shape index (κ2) is 3.81. The van der Waals surface area contributed by atoms with Crippen molar-refractivity contribution in [2.75, 3.05) is 7.11 Å². The number of nitrogens with one attached hydrogen (secondary N) is 1. The maximum atomic E-state index is 5.99. The van der Waals surface area contributed by atoms with E-state index in [1.54, 1.807) is 19.5 Å². The van der Waals surface area contributed by atoms with E-state index in [0.717, 1.165) is 15.8 Å². The lowest BCUT2D eigenvalue weighted by Crippen LogP contribution is -2.11. The van der Waals surface area contributed by atoms with Gasteiger partial charge in [0.05, 0.1) is 13.2 Å². The van der Waals surface area contributed by atoms with Crippen molar-refractivity contribution in [1.29, 1.82) is 0 Å². The highest BCUT2D eigenvalue weighted by Gasteiger charge is 2.13. The average molecular weight is 209 g/mol. The van der Waals surface area contributed by atoms with Gasteiger partial charge in [-0.05, 0) is 12.1 Å². The molecule has 1 unspecified atom stereocenters. The third kappa shape index (κ3) is 1.64. The monoisotopic (exact) mass is 209 g/mol. The van der Waals surface area contributed by atoms with Crippen LogP contribution in [0.25, 0.3) is 0 Å². The molecule has 0 bridgehead atoms.